The van der Waals surface area contributed by atoms with E-state index in [-0.39, 0.29) is 6.03 Å². The van der Waals surface area contributed by atoms with Gasteiger partial charge in [0.1, 0.15) is 0 Å². The van der Waals surface area contributed by atoms with E-state index < -0.39 is 17.9 Å². The first-order chi connectivity index (χ1) is 9.00. The van der Waals surface area contributed by atoms with Crippen LogP contribution in [0, 0.1) is 11.8 Å². The predicted molar refractivity (Wildman–Crippen MR) is 71.0 cm³/mol. The summed E-state index contributed by atoms with van der Waals surface area (Å²) in [5, 5.41) is 14.1. The molecule has 0 aliphatic heterocycles. The highest BCUT2D eigenvalue weighted by Gasteiger charge is 2.21. The first-order valence-corrected chi connectivity index (χ1v) is 6.85. The zero-order valence-electron chi connectivity index (χ0n) is 11.6. The number of hydrogen-bond donors (Lipinski definition) is 3. The second-order valence-electron chi connectivity index (χ2n) is 5.19. The van der Waals surface area contributed by atoms with Crippen molar-refractivity contribution in [2.24, 2.45) is 11.8 Å². The summed E-state index contributed by atoms with van der Waals surface area (Å²) in [5.74, 6) is -0.761. The Bertz CT molecular complexity index is 305. The molecular formula is C13H24N2O4. The van der Waals surface area contributed by atoms with E-state index in [9.17, 15) is 9.59 Å². The molecule has 1 aliphatic rings. The number of ether oxygens (including phenoxy) is 1. The normalized spacial score (nSPS) is 17.6. The van der Waals surface area contributed by atoms with E-state index in [0.29, 0.717) is 13.2 Å². The monoisotopic (exact) mass is 272 g/mol. The minimum Gasteiger partial charge on any atom is -0.481 e. The predicted octanol–water partition coefficient (Wildman–Crippen LogP) is 1.21. The summed E-state index contributed by atoms with van der Waals surface area (Å²) >= 11 is 0. The van der Waals surface area contributed by atoms with Crippen molar-refractivity contribution in [3.8, 4) is 0 Å². The molecule has 2 amide bonds. The SMILES string of the molecule is CC(NC(=O)NCCCOCC1CC1)C(C)C(=O)O. The van der Waals surface area contributed by atoms with Crippen molar-refractivity contribution < 1.29 is 19.4 Å². The topological polar surface area (TPSA) is 87.7 Å². The Morgan fingerprint density at radius 1 is 1.37 bits per heavy atom. The molecule has 1 rings (SSSR count). The van der Waals surface area contributed by atoms with Crippen LogP contribution in [0.3, 0.4) is 0 Å². The Hall–Kier alpha value is -1.30. The average Bonchev–Trinajstić information content (AvgIpc) is 3.16. The number of rotatable bonds is 9. The van der Waals surface area contributed by atoms with Gasteiger partial charge in [-0.2, -0.15) is 0 Å². The molecule has 2 unspecified atom stereocenters. The fourth-order valence-corrected chi connectivity index (χ4v) is 1.51. The van der Waals surface area contributed by atoms with Crippen molar-refractivity contribution >= 4 is 12.0 Å². The van der Waals surface area contributed by atoms with Gasteiger partial charge in [-0.3, -0.25) is 4.79 Å². The number of amides is 2. The lowest BCUT2D eigenvalue weighted by atomic mass is 10.0. The van der Waals surface area contributed by atoms with Gasteiger partial charge < -0.3 is 20.5 Å². The Balaban J connectivity index is 1.98. The smallest absolute Gasteiger partial charge is 0.315 e. The average molecular weight is 272 g/mol. The first-order valence-electron chi connectivity index (χ1n) is 6.85. The van der Waals surface area contributed by atoms with E-state index in [0.717, 1.165) is 18.9 Å². The van der Waals surface area contributed by atoms with E-state index in [1.807, 2.05) is 0 Å². The number of carboxylic acids is 1. The van der Waals surface area contributed by atoms with Gasteiger partial charge in [0.2, 0.25) is 0 Å². The second-order valence-corrected chi connectivity index (χ2v) is 5.19. The third-order valence-corrected chi connectivity index (χ3v) is 3.30. The van der Waals surface area contributed by atoms with Gasteiger partial charge in [-0.05, 0) is 39.0 Å². The van der Waals surface area contributed by atoms with Crippen LogP contribution >= 0.6 is 0 Å². The van der Waals surface area contributed by atoms with Crippen LogP contribution in [-0.2, 0) is 9.53 Å². The molecule has 0 aromatic heterocycles. The summed E-state index contributed by atoms with van der Waals surface area (Å²) in [5.41, 5.74) is 0. The van der Waals surface area contributed by atoms with Gasteiger partial charge in [0, 0.05) is 25.8 Å². The molecule has 3 N–H and O–H groups in total. The first kappa shape index (κ1) is 15.8. The lowest BCUT2D eigenvalue weighted by molar-refractivity contribution is -0.141. The van der Waals surface area contributed by atoms with Gasteiger partial charge in [0.05, 0.1) is 5.92 Å². The number of urea groups is 1. The molecular weight excluding hydrogens is 248 g/mol. The molecule has 0 saturated heterocycles. The molecule has 0 aromatic rings. The highest BCUT2D eigenvalue weighted by molar-refractivity contribution is 5.76. The number of carbonyl (C=O) groups excluding carboxylic acids is 1. The molecule has 110 valence electrons. The Kier molecular flexibility index (Phi) is 6.62. The lowest BCUT2D eigenvalue weighted by Gasteiger charge is -2.18. The number of hydrogen-bond acceptors (Lipinski definition) is 3. The minimum absolute atomic E-state index is 0.331. The molecule has 6 nitrogen and oxygen atoms in total. The van der Waals surface area contributed by atoms with Gasteiger partial charge in [-0.25, -0.2) is 4.79 Å². The minimum atomic E-state index is -0.915. The van der Waals surface area contributed by atoms with E-state index in [1.54, 1.807) is 13.8 Å². The molecule has 1 fully saturated rings. The molecule has 1 aliphatic carbocycles. The molecule has 2 atom stereocenters. The molecule has 19 heavy (non-hydrogen) atoms. The lowest BCUT2D eigenvalue weighted by Crippen LogP contribution is -2.45. The van der Waals surface area contributed by atoms with Gasteiger partial charge in [-0.1, -0.05) is 0 Å². The van der Waals surface area contributed by atoms with Crippen LogP contribution in [0.15, 0.2) is 0 Å². The van der Waals surface area contributed by atoms with Crippen LogP contribution in [0.5, 0.6) is 0 Å². The Morgan fingerprint density at radius 2 is 2.05 bits per heavy atom. The van der Waals surface area contributed by atoms with Crippen LogP contribution in [0.4, 0.5) is 4.79 Å². The second kappa shape index (κ2) is 7.99. The molecule has 0 heterocycles. The fourth-order valence-electron chi connectivity index (χ4n) is 1.51. The van der Waals surface area contributed by atoms with E-state index in [1.165, 1.54) is 12.8 Å². The van der Waals surface area contributed by atoms with Crippen LogP contribution < -0.4 is 10.6 Å². The van der Waals surface area contributed by atoms with Gasteiger partial charge in [0.15, 0.2) is 0 Å². The number of nitrogens with one attached hydrogen (secondary N) is 2. The van der Waals surface area contributed by atoms with Crippen molar-refractivity contribution in [2.75, 3.05) is 19.8 Å². The Morgan fingerprint density at radius 3 is 2.63 bits per heavy atom. The quantitative estimate of drug-likeness (QED) is 0.551. The number of aliphatic carboxylic acids is 1. The number of carboxylic acid groups (broad SMARTS) is 1. The highest BCUT2D eigenvalue weighted by atomic mass is 16.5. The summed E-state index contributed by atoms with van der Waals surface area (Å²) in [6, 6.07) is -0.730. The standard InChI is InChI=1S/C13H24N2O4/c1-9(12(16)17)10(2)15-13(18)14-6-3-7-19-8-11-4-5-11/h9-11H,3-8H2,1-2H3,(H,16,17)(H2,14,15,18). The zero-order chi connectivity index (χ0) is 14.3. The van der Waals surface area contributed by atoms with Crippen LogP contribution in [0.25, 0.3) is 0 Å². The molecule has 0 spiro atoms. The largest absolute Gasteiger partial charge is 0.481 e. The highest BCUT2D eigenvalue weighted by Crippen LogP contribution is 2.28. The summed E-state index contributed by atoms with van der Waals surface area (Å²) in [6.07, 6.45) is 3.32. The maximum absolute atomic E-state index is 11.5. The van der Waals surface area contributed by atoms with Crippen LogP contribution in [0.2, 0.25) is 0 Å². The fraction of sp³-hybridized carbons (Fsp3) is 0.846. The maximum Gasteiger partial charge on any atom is 0.315 e. The summed E-state index contributed by atoms with van der Waals surface area (Å²) < 4.78 is 5.44. The van der Waals surface area contributed by atoms with Crippen molar-refractivity contribution in [1.82, 2.24) is 10.6 Å². The van der Waals surface area contributed by atoms with Gasteiger partial charge in [-0.15, -0.1) is 0 Å². The van der Waals surface area contributed by atoms with Crippen LogP contribution in [0.1, 0.15) is 33.1 Å². The van der Waals surface area contributed by atoms with E-state index >= 15 is 0 Å². The molecule has 0 bridgehead atoms. The maximum atomic E-state index is 11.5. The van der Waals surface area contributed by atoms with Crippen molar-refractivity contribution in [3.63, 3.8) is 0 Å². The van der Waals surface area contributed by atoms with Crippen molar-refractivity contribution in [3.05, 3.63) is 0 Å². The summed E-state index contributed by atoms with van der Waals surface area (Å²) in [7, 11) is 0. The molecule has 6 heteroatoms. The molecule has 0 aromatic carbocycles. The van der Waals surface area contributed by atoms with Crippen LogP contribution in [-0.4, -0.2) is 42.9 Å². The molecule has 0 radical (unpaired) electrons. The van der Waals surface area contributed by atoms with E-state index in [4.69, 9.17) is 9.84 Å². The number of carbonyl (C=O) groups is 2. The summed E-state index contributed by atoms with van der Waals surface area (Å²) in [6.45, 7) is 5.26. The van der Waals surface area contributed by atoms with Gasteiger partial charge >= 0.3 is 12.0 Å². The van der Waals surface area contributed by atoms with E-state index in [2.05, 4.69) is 10.6 Å². The zero-order valence-corrected chi connectivity index (χ0v) is 11.6. The summed E-state index contributed by atoms with van der Waals surface area (Å²) in [4.78, 5) is 22.2. The van der Waals surface area contributed by atoms with Crippen molar-refractivity contribution in [2.45, 2.75) is 39.2 Å². The molecule has 1 saturated carbocycles. The van der Waals surface area contributed by atoms with Crippen molar-refractivity contribution in [1.29, 1.82) is 0 Å². The third-order valence-electron chi connectivity index (χ3n) is 3.30. The van der Waals surface area contributed by atoms with Gasteiger partial charge in [0.25, 0.3) is 0 Å². The Labute approximate surface area is 113 Å². The third kappa shape index (κ3) is 7.00.